The van der Waals surface area contributed by atoms with Crippen LogP contribution in [0.5, 0.6) is 0 Å². The molecule has 0 aromatic heterocycles. The van der Waals surface area contributed by atoms with E-state index < -0.39 is 23.9 Å². The van der Waals surface area contributed by atoms with Crippen LogP contribution in [0.25, 0.3) is 0 Å². The van der Waals surface area contributed by atoms with Crippen molar-refractivity contribution >= 4 is 23.5 Å². The van der Waals surface area contributed by atoms with Gasteiger partial charge in [0, 0.05) is 12.2 Å². The number of nitriles is 1. The van der Waals surface area contributed by atoms with E-state index in [0.717, 1.165) is 0 Å². The van der Waals surface area contributed by atoms with Crippen molar-refractivity contribution in [3.63, 3.8) is 0 Å². The molecule has 0 radical (unpaired) electrons. The summed E-state index contributed by atoms with van der Waals surface area (Å²) < 4.78 is 9.96. The minimum absolute atomic E-state index is 0.0114. The van der Waals surface area contributed by atoms with Gasteiger partial charge in [0.2, 0.25) is 0 Å². The first kappa shape index (κ1) is 20.6. The van der Waals surface area contributed by atoms with Crippen LogP contribution in [0.4, 0.5) is 5.69 Å². The smallest absolute Gasteiger partial charge is 0.339 e. The number of benzene rings is 2. The van der Waals surface area contributed by atoms with E-state index >= 15 is 0 Å². The lowest BCUT2D eigenvalue weighted by Gasteiger charge is -2.25. The van der Waals surface area contributed by atoms with Crippen LogP contribution in [0.15, 0.2) is 54.6 Å². The maximum atomic E-state index is 12.8. The molecule has 0 heterocycles. The molecule has 0 aliphatic heterocycles. The molecule has 0 aliphatic rings. The summed E-state index contributed by atoms with van der Waals surface area (Å²) in [6, 6.07) is 16.9. The van der Waals surface area contributed by atoms with Gasteiger partial charge in [-0.3, -0.25) is 4.79 Å². The van der Waals surface area contributed by atoms with E-state index in [1.54, 1.807) is 36.4 Å². The predicted octanol–water partition coefficient (Wildman–Crippen LogP) is 2.97. The van der Waals surface area contributed by atoms with Crippen molar-refractivity contribution in [1.29, 1.82) is 5.26 Å². The van der Waals surface area contributed by atoms with Crippen LogP contribution >= 0.6 is 0 Å². The second-order valence-electron chi connectivity index (χ2n) is 5.82. The van der Waals surface area contributed by atoms with Crippen LogP contribution in [0.1, 0.15) is 34.1 Å². The third kappa shape index (κ3) is 4.95. The molecule has 2 aromatic rings. The summed E-state index contributed by atoms with van der Waals surface area (Å²) in [7, 11) is 1.21. The molecule has 7 nitrogen and oxygen atoms in total. The standard InChI is InChI=1S/C21H20N2O5/c1-15(19(24)23(14-8-13-22)16-9-4-3-5-10-16)28-21(26)18-12-7-6-11-17(18)20(25)27-2/h3-7,9-12,15H,8,14H2,1-2H3. The second kappa shape index (κ2) is 9.88. The number of carbonyl (C=O) groups is 3. The van der Waals surface area contributed by atoms with Crippen LogP contribution in [0.3, 0.4) is 0 Å². The Bertz CT molecular complexity index is 889. The van der Waals surface area contributed by atoms with Gasteiger partial charge in [0.15, 0.2) is 6.10 Å². The lowest BCUT2D eigenvalue weighted by atomic mass is 10.1. The Labute approximate surface area is 163 Å². The first-order chi connectivity index (χ1) is 13.5. The van der Waals surface area contributed by atoms with Crippen molar-refractivity contribution in [3.8, 4) is 6.07 Å². The summed E-state index contributed by atoms with van der Waals surface area (Å²) in [5.41, 5.74) is 0.664. The van der Waals surface area contributed by atoms with E-state index in [2.05, 4.69) is 4.74 Å². The van der Waals surface area contributed by atoms with Gasteiger partial charge in [-0.25, -0.2) is 9.59 Å². The molecule has 0 spiro atoms. The molecule has 7 heteroatoms. The Morgan fingerprint density at radius 2 is 1.57 bits per heavy atom. The largest absolute Gasteiger partial charge is 0.465 e. The lowest BCUT2D eigenvalue weighted by Crippen LogP contribution is -2.40. The molecule has 2 rings (SSSR count). The van der Waals surface area contributed by atoms with Gasteiger partial charge in [0.05, 0.1) is 30.7 Å². The molecule has 0 bridgehead atoms. The van der Waals surface area contributed by atoms with Crippen molar-refractivity contribution in [3.05, 3.63) is 65.7 Å². The molecule has 1 amide bonds. The Morgan fingerprint density at radius 1 is 1.00 bits per heavy atom. The molecule has 0 N–H and O–H groups in total. The number of esters is 2. The molecule has 0 saturated carbocycles. The summed E-state index contributed by atoms with van der Waals surface area (Å²) in [5.74, 6) is -1.95. The van der Waals surface area contributed by atoms with Gasteiger partial charge in [-0.15, -0.1) is 0 Å². The fraction of sp³-hybridized carbons (Fsp3) is 0.238. The second-order valence-corrected chi connectivity index (χ2v) is 5.82. The quantitative estimate of drug-likeness (QED) is 0.685. The highest BCUT2D eigenvalue weighted by atomic mass is 16.5. The van der Waals surface area contributed by atoms with Crippen LogP contribution in [-0.2, 0) is 14.3 Å². The first-order valence-electron chi connectivity index (χ1n) is 8.61. The van der Waals surface area contributed by atoms with Crippen LogP contribution in [0.2, 0.25) is 0 Å². The monoisotopic (exact) mass is 380 g/mol. The van der Waals surface area contributed by atoms with E-state index in [-0.39, 0.29) is 24.1 Å². The summed E-state index contributed by atoms with van der Waals surface area (Å²) in [4.78, 5) is 38.6. The number of rotatable bonds is 7. The number of anilines is 1. The average molecular weight is 380 g/mol. The fourth-order valence-electron chi connectivity index (χ4n) is 2.58. The van der Waals surface area contributed by atoms with Gasteiger partial charge in [-0.05, 0) is 31.2 Å². The van der Waals surface area contributed by atoms with Gasteiger partial charge in [0.25, 0.3) is 5.91 Å². The van der Waals surface area contributed by atoms with Crippen molar-refractivity contribution in [2.45, 2.75) is 19.4 Å². The normalized spacial score (nSPS) is 11.0. The molecule has 28 heavy (non-hydrogen) atoms. The average Bonchev–Trinajstić information content (AvgIpc) is 2.73. The van der Waals surface area contributed by atoms with Crippen LogP contribution in [0, 0.1) is 11.3 Å². The third-order valence-corrected chi connectivity index (χ3v) is 3.96. The molecular formula is C21H20N2O5. The topological polar surface area (TPSA) is 96.7 Å². The maximum absolute atomic E-state index is 12.8. The number of hydrogen-bond acceptors (Lipinski definition) is 6. The zero-order valence-corrected chi connectivity index (χ0v) is 15.6. The molecule has 144 valence electrons. The van der Waals surface area contributed by atoms with E-state index in [0.29, 0.717) is 5.69 Å². The highest BCUT2D eigenvalue weighted by Gasteiger charge is 2.27. The Morgan fingerprint density at radius 3 is 2.14 bits per heavy atom. The summed E-state index contributed by atoms with van der Waals surface area (Å²) in [6.45, 7) is 1.61. The first-order valence-corrected chi connectivity index (χ1v) is 8.61. The number of hydrogen-bond donors (Lipinski definition) is 0. The predicted molar refractivity (Wildman–Crippen MR) is 102 cm³/mol. The number of methoxy groups -OCH3 is 1. The van der Waals surface area contributed by atoms with Crippen molar-refractivity contribution < 1.29 is 23.9 Å². The fourth-order valence-corrected chi connectivity index (χ4v) is 2.58. The third-order valence-electron chi connectivity index (χ3n) is 3.96. The van der Waals surface area contributed by atoms with Crippen LogP contribution < -0.4 is 4.90 Å². The molecular weight excluding hydrogens is 360 g/mol. The molecule has 0 fully saturated rings. The minimum atomic E-state index is -1.11. The Kier molecular flexibility index (Phi) is 7.28. The molecule has 2 aromatic carbocycles. The minimum Gasteiger partial charge on any atom is -0.465 e. The number of nitrogens with zero attached hydrogens (tertiary/aromatic N) is 2. The van der Waals surface area contributed by atoms with Crippen molar-refractivity contribution in [2.75, 3.05) is 18.6 Å². The SMILES string of the molecule is COC(=O)c1ccccc1C(=O)OC(C)C(=O)N(CCC#N)c1ccccc1. The van der Waals surface area contributed by atoms with Crippen LogP contribution in [-0.4, -0.2) is 37.6 Å². The summed E-state index contributed by atoms with van der Waals surface area (Å²) in [5, 5.41) is 8.87. The molecule has 1 atom stereocenters. The van der Waals surface area contributed by atoms with Gasteiger partial charge in [-0.2, -0.15) is 5.26 Å². The van der Waals surface area contributed by atoms with E-state index in [1.165, 1.54) is 31.1 Å². The van der Waals surface area contributed by atoms with E-state index in [1.807, 2.05) is 12.1 Å². The maximum Gasteiger partial charge on any atom is 0.339 e. The molecule has 0 saturated heterocycles. The Hall–Kier alpha value is -3.66. The van der Waals surface area contributed by atoms with Gasteiger partial charge < -0.3 is 14.4 Å². The van der Waals surface area contributed by atoms with Crippen molar-refractivity contribution in [1.82, 2.24) is 0 Å². The van der Waals surface area contributed by atoms with Gasteiger partial charge in [-0.1, -0.05) is 30.3 Å². The number of carbonyl (C=O) groups excluding carboxylic acids is 3. The zero-order valence-electron chi connectivity index (χ0n) is 15.6. The number of amides is 1. The van der Waals surface area contributed by atoms with E-state index in [4.69, 9.17) is 10.00 Å². The van der Waals surface area contributed by atoms with E-state index in [9.17, 15) is 14.4 Å². The summed E-state index contributed by atoms with van der Waals surface area (Å²) >= 11 is 0. The van der Waals surface area contributed by atoms with Crippen molar-refractivity contribution in [2.24, 2.45) is 0 Å². The summed E-state index contributed by atoms with van der Waals surface area (Å²) in [6.07, 6.45) is -0.982. The number of para-hydroxylation sites is 1. The lowest BCUT2D eigenvalue weighted by molar-refractivity contribution is -0.126. The zero-order chi connectivity index (χ0) is 20.5. The highest BCUT2D eigenvalue weighted by molar-refractivity contribution is 6.04. The highest BCUT2D eigenvalue weighted by Crippen LogP contribution is 2.18. The van der Waals surface area contributed by atoms with Gasteiger partial charge in [0.1, 0.15) is 0 Å². The van der Waals surface area contributed by atoms with Gasteiger partial charge >= 0.3 is 11.9 Å². The molecule has 0 aliphatic carbocycles. The Balaban J connectivity index is 2.19. The number of ether oxygens (including phenoxy) is 2. The molecule has 1 unspecified atom stereocenters.